The summed E-state index contributed by atoms with van der Waals surface area (Å²) in [6.07, 6.45) is 0.941. The van der Waals surface area contributed by atoms with Gasteiger partial charge in [0, 0.05) is 17.7 Å². The molecule has 1 aliphatic rings. The van der Waals surface area contributed by atoms with Gasteiger partial charge in [-0.25, -0.2) is 9.67 Å². The number of fused-ring (bicyclic) bond motifs is 2. The Bertz CT molecular complexity index is 939. The Labute approximate surface area is 136 Å². The highest BCUT2D eigenvalue weighted by Crippen LogP contribution is 2.42. The van der Waals surface area contributed by atoms with Gasteiger partial charge < -0.3 is 0 Å². The summed E-state index contributed by atoms with van der Waals surface area (Å²) in [7, 11) is 0. The Morgan fingerprint density at radius 2 is 1.74 bits per heavy atom. The Morgan fingerprint density at radius 1 is 1.00 bits per heavy atom. The van der Waals surface area contributed by atoms with E-state index in [1.807, 2.05) is 0 Å². The summed E-state index contributed by atoms with van der Waals surface area (Å²) in [5.74, 6) is 0.993. The maximum atomic E-state index is 4.86. The first kappa shape index (κ1) is 14.2. The van der Waals surface area contributed by atoms with Crippen LogP contribution in [0.1, 0.15) is 32.9 Å². The fraction of sp³-hybridized carbons (Fsp3) is 0.300. The smallest absolute Gasteiger partial charge is 0.159 e. The second kappa shape index (κ2) is 4.79. The van der Waals surface area contributed by atoms with Gasteiger partial charge in [-0.15, -0.1) is 0 Å². The molecule has 0 N–H and O–H groups in total. The molecule has 0 saturated carbocycles. The third kappa shape index (κ3) is 2.11. The number of hydrogen-bond acceptors (Lipinski definition) is 2. The minimum Gasteiger partial charge on any atom is -0.241 e. The molecule has 23 heavy (non-hydrogen) atoms. The van der Waals surface area contributed by atoms with Crippen LogP contribution in [0.25, 0.3) is 21.9 Å². The second-order valence-electron chi connectivity index (χ2n) is 7.06. The summed E-state index contributed by atoms with van der Waals surface area (Å²) < 4.78 is 2.10. The van der Waals surface area contributed by atoms with Crippen LogP contribution in [-0.2, 0) is 5.54 Å². The summed E-state index contributed by atoms with van der Waals surface area (Å²) >= 11 is 0. The van der Waals surface area contributed by atoms with Crippen molar-refractivity contribution in [2.75, 3.05) is 0 Å². The average molecular weight is 303 g/mol. The van der Waals surface area contributed by atoms with E-state index in [0.29, 0.717) is 0 Å². The molecular formula is C20H21N3. The van der Waals surface area contributed by atoms with Crippen molar-refractivity contribution in [2.24, 2.45) is 4.99 Å². The Hall–Kier alpha value is -2.42. The summed E-state index contributed by atoms with van der Waals surface area (Å²) in [6.45, 7) is 8.66. The molecule has 0 bridgehead atoms. The molecule has 1 aliphatic heterocycles. The lowest BCUT2D eigenvalue weighted by molar-refractivity contribution is 0.327. The molecular weight excluding hydrogens is 282 g/mol. The zero-order valence-electron chi connectivity index (χ0n) is 14.1. The van der Waals surface area contributed by atoms with Gasteiger partial charge in [0.1, 0.15) is 0 Å². The predicted molar refractivity (Wildman–Crippen MR) is 96.6 cm³/mol. The lowest BCUT2D eigenvalue weighted by Gasteiger charge is -2.30. The van der Waals surface area contributed by atoms with Gasteiger partial charge in [-0.05, 0) is 44.0 Å². The molecule has 3 heteroatoms. The van der Waals surface area contributed by atoms with Gasteiger partial charge in [-0.2, -0.15) is 5.10 Å². The fourth-order valence-corrected chi connectivity index (χ4v) is 3.72. The van der Waals surface area contributed by atoms with E-state index in [9.17, 15) is 0 Å². The minimum absolute atomic E-state index is 0.0330. The maximum absolute atomic E-state index is 4.86. The zero-order chi connectivity index (χ0) is 16.2. The Morgan fingerprint density at radius 3 is 2.57 bits per heavy atom. The van der Waals surface area contributed by atoms with Gasteiger partial charge in [0.2, 0.25) is 0 Å². The Balaban J connectivity index is 2.07. The van der Waals surface area contributed by atoms with Gasteiger partial charge >= 0.3 is 0 Å². The number of aryl methyl sites for hydroxylation is 1. The third-order valence-electron chi connectivity index (χ3n) is 4.65. The average Bonchev–Trinajstić information content (AvgIpc) is 2.83. The van der Waals surface area contributed by atoms with Crippen LogP contribution in [0.2, 0.25) is 0 Å². The monoisotopic (exact) mass is 303 g/mol. The van der Waals surface area contributed by atoms with E-state index in [1.165, 1.54) is 22.0 Å². The molecule has 1 aromatic heterocycles. The molecule has 0 radical (unpaired) electrons. The van der Waals surface area contributed by atoms with Crippen molar-refractivity contribution in [1.29, 1.82) is 0 Å². The predicted octanol–water partition coefficient (Wildman–Crippen LogP) is 5.24. The molecule has 116 valence electrons. The van der Waals surface area contributed by atoms with E-state index in [1.54, 1.807) is 0 Å². The molecule has 0 unspecified atom stereocenters. The van der Waals surface area contributed by atoms with Crippen LogP contribution >= 0.6 is 0 Å². The summed E-state index contributed by atoms with van der Waals surface area (Å²) in [5.41, 5.74) is 4.56. The van der Waals surface area contributed by atoms with Crippen LogP contribution in [0.5, 0.6) is 0 Å². The van der Waals surface area contributed by atoms with Crippen LogP contribution in [-0.4, -0.2) is 15.5 Å². The molecule has 3 nitrogen and oxygen atoms in total. The topological polar surface area (TPSA) is 30.2 Å². The van der Waals surface area contributed by atoms with Crippen molar-refractivity contribution in [3.8, 4) is 11.1 Å². The normalized spacial score (nSPS) is 16.3. The van der Waals surface area contributed by atoms with E-state index < -0.39 is 0 Å². The highest BCUT2D eigenvalue weighted by Gasteiger charge is 2.32. The van der Waals surface area contributed by atoms with Gasteiger partial charge in [-0.3, -0.25) is 0 Å². The number of hydrogen-bond donors (Lipinski definition) is 0. The minimum atomic E-state index is -0.0330. The van der Waals surface area contributed by atoms with Crippen LogP contribution in [0.3, 0.4) is 0 Å². The molecule has 4 rings (SSSR count). The lowest BCUT2D eigenvalue weighted by Crippen LogP contribution is -2.32. The highest BCUT2D eigenvalue weighted by molar-refractivity contribution is 6.00. The number of aromatic nitrogens is 2. The molecule has 0 saturated heterocycles. The largest absolute Gasteiger partial charge is 0.241 e. The van der Waals surface area contributed by atoms with E-state index in [0.717, 1.165) is 23.5 Å². The van der Waals surface area contributed by atoms with Gasteiger partial charge in [-0.1, -0.05) is 42.5 Å². The zero-order valence-corrected chi connectivity index (χ0v) is 14.1. The van der Waals surface area contributed by atoms with Crippen molar-refractivity contribution in [2.45, 2.75) is 39.7 Å². The van der Waals surface area contributed by atoms with Crippen molar-refractivity contribution in [3.05, 3.63) is 48.2 Å². The molecule has 0 amide bonds. The first-order chi connectivity index (χ1) is 11.0. The van der Waals surface area contributed by atoms with E-state index in [4.69, 9.17) is 10.1 Å². The van der Waals surface area contributed by atoms with Crippen LogP contribution < -0.4 is 0 Å². The first-order valence-electron chi connectivity index (χ1n) is 8.10. The summed E-state index contributed by atoms with van der Waals surface area (Å²) in [6, 6.07) is 15.0. The van der Waals surface area contributed by atoms with Crippen molar-refractivity contribution in [3.63, 3.8) is 0 Å². The van der Waals surface area contributed by atoms with Gasteiger partial charge in [0.25, 0.3) is 0 Å². The molecule has 0 atom stereocenters. The quantitative estimate of drug-likeness (QED) is 0.604. The summed E-state index contributed by atoms with van der Waals surface area (Å²) in [5, 5.41) is 7.34. The van der Waals surface area contributed by atoms with E-state index in [2.05, 4.69) is 74.8 Å². The molecule has 0 spiro atoms. The second-order valence-corrected chi connectivity index (χ2v) is 7.06. The number of rotatable bonds is 1. The van der Waals surface area contributed by atoms with Crippen LogP contribution in [0.4, 0.5) is 5.82 Å². The first-order valence-corrected chi connectivity index (χ1v) is 8.10. The van der Waals surface area contributed by atoms with E-state index in [-0.39, 0.29) is 5.54 Å². The fourth-order valence-electron chi connectivity index (χ4n) is 3.72. The molecule has 2 heterocycles. The standard InChI is InChI=1S/C20H21N3/c1-13-12-20(3,4)23-19(21-13)18(14(2)22-23)17-11-7-9-15-8-5-6-10-16(15)17/h5-11H,12H2,1-4H3. The molecule has 3 aromatic rings. The molecule has 0 fully saturated rings. The van der Waals surface area contributed by atoms with Crippen molar-refractivity contribution >= 4 is 22.3 Å². The third-order valence-corrected chi connectivity index (χ3v) is 4.65. The van der Waals surface area contributed by atoms with Crippen LogP contribution in [0.15, 0.2) is 47.5 Å². The van der Waals surface area contributed by atoms with Gasteiger partial charge in [0.05, 0.1) is 11.2 Å². The number of benzene rings is 2. The number of aliphatic imine (C=N–C) groups is 1. The van der Waals surface area contributed by atoms with Crippen molar-refractivity contribution < 1.29 is 0 Å². The molecule has 2 aromatic carbocycles. The maximum Gasteiger partial charge on any atom is 0.159 e. The lowest BCUT2D eigenvalue weighted by atomic mass is 9.94. The van der Waals surface area contributed by atoms with Gasteiger partial charge in [0.15, 0.2) is 5.82 Å². The Kier molecular flexibility index (Phi) is 2.95. The molecule has 0 aliphatic carbocycles. The highest BCUT2D eigenvalue weighted by atomic mass is 15.4. The SMILES string of the molecule is CC1=Nc2c(-c3cccc4ccccc34)c(C)nn2C(C)(C)C1. The van der Waals surface area contributed by atoms with Crippen molar-refractivity contribution in [1.82, 2.24) is 9.78 Å². The summed E-state index contributed by atoms with van der Waals surface area (Å²) in [4.78, 5) is 4.86. The number of nitrogens with zero attached hydrogens (tertiary/aromatic N) is 3. The van der Waals surface area contributed by atoms with Crippen LogP contribution in [0, 0.1) is 6.92 Å². The van der Waals surface area contributed by atoms with E-state index >= 15 is 0 Å².